The van der Waals surface area contributed by atoms with Crippen LogP contribution >= 0.6 is 23.8 Å². The average Bonchev–Trinajstić information content (AvgIpc) is 4.07. The molecule has 3 heterocycles. The fourth-order valence-electron chi connectivity index (χ4n) is 7.75. The third-order valence-electron chi connectivity index (χ3n) is 11.3. The number of β-amino-alcohol motifs (C(OH)–C–C–N with tert-alkyl or cyclic N) is 1. The van der Waals surface area contributed by atoms with Gasteiger partial charge in [-0.05, 0) is 83.6 Å². The Hall–Kier alpha value is -6.71. The zero-order valence-corrected chi connectivity index (χ0v) is 38.6. The maximum Gasteiger partial charge on any atom is 0.253 e. The molecule has 15 nitrogen and oxygen atoms in total. The molecule has 3 atom stereocenters. The number of amides is 4. The fourth-order valence-corrected chi connectivity index (χ4v) is 8.32. The first kappa shape index (κ1) is 48.2. The molecule has 4 amide bonds. The van der Waals surface area contributed by atoms with Crippen molar-refractivity contribution in [1.82, 2.24) is 20.5 Å². The standard InChI is InChI=1S/C49H49ClFN7O8S/c1-49(2,3)45(47(63)57-26-36(59)21-41(57)46(62)54-24-30-6-8-33(9-7-30)42-25-53-29-66-42)55-43(60)28-64-18-4-5-19-65-37-16-12-32(13-17-37)31-10-14-35(15-11-31)56-27-44(61)58(48(56)67)40-22-38(50)34(23-52)20-39(40)51/h6-17,20,22,25,29,36,41,45,59H,4-5,18-19,21,24,26-28H2,1-3H3,(H,54,62)(H,55,60)/t36-,41+,45-/m1/s1. The van der Waals surface area contributed by atoms with E-state index in [4.69, 9.17) is 43.0 Å². The van der Waals surface area contributed by atoms with Gasteiger partial charge in [-0.25, -0.2) is 9.37 Å². The van der Waals surface area contributed by atoms with Crippen LogP contribution in [0.25, 0.3) is 22.5 Å². The molecule has 2 aliphatic rings. The lowest BCUT2D eigenvalue weighted by atomic mass is 9.85. The molecular weight excluding hydrogens is 901 g/mol. The molecule has 4 aromatic carbocycles. The van der Waals surface area contributed by atoms with E-state index in [1.54, 1.807) is 11.1 Å². The van der Waals surface area contributed by atoms with Crippen LogP contribution < -0.4 is 25.2 Å². The van der Waals surface area contributed by atoms with Crippen molar-refractivity contribution in [2.24, 2.45) is 5.41 Å². The molecule has 2 aliphatic heterocycles. The molecule has 18 heteroatoms. The molecule has 0 aliphatic carbocycles. The predicted molar refractivity (Wildman–Crippen MR) is 252 cm³/mol. The number of carbonyl (C=O) groups is 4. The number of thiocarbonyl (C=S) groups is 1. The molecule has 348 valence electrons. The van der Waals surface area contributed by atoms with Gasteiger partial charge in [-0.3, -0.25) is 24.1 Å². The minimum atomic E-state index is -0.977. The first-order chi connectivity index (χ1) is 32.1. The van der Waals surface area contributed by atoms with Gasteiger partial charge in [0.15, 0.2) is 17.3 Å². The lowest BCUT2D eigenvalue weighted by Crippen LogP contribution is -2.58. The van der Waals surface area contributed by atoms with Crippen molar-refractivity contribution in [3.05, 3.63) is 119 Å². The third-order valence-corrected chi connectivity index (χ3v) is 12.1. The van der Waals surface area contributed by atoms with Crippen LogP contribution in [0.15, 0.2) is 102 Å². The zero-order valence-electron chi connectivity index (χ0n) is 37.0. The Morgan fingerprint density at radius 3 is 2.34 bits per heavy atom. The zero-order chi connectivity index (χ0) is 47.8. The Morgan fingerprint density at radius 2 is 1.69 bits per heavy atom. The predicted octanol–water partition coefficient (Wildman–Crippen LogP) is 6.80. The molecule has 0 bridgehead atoms. The molecule has 0 unspecified atom stereocenters. The van der Waals surface area contributed by atoms with Crippen molar-refractivity contribution in [2.45, 2.75) is 64.8 Å². The maximum atomic E-state index is 14.8. The second-order valence-corrected chi connectivity index (χ2v) is 18.0. The van der Waals surface area contributed by atoms with Gasteiger partial charge in [0.1, 0.15) is 42.9 Å². The van der Waals surface area contributed by atoms with E-state index in [1.807, 2.05) is 99.6 Å². The second kappa shape index (κ2) is 21.3. The van der Waals surface area contributed by atoms with E-state index in [0.29, 0.717) is 36.6 Å². The summed E-state index contributed by atoms with van der Waals surface area (Å²) in [5, 5.41) is 25.5. The summed E-state index contributed by atoms with van der Waals surface area (Å²) in [7, 11) is 0. The number of aliphatic hydroxyl groups excluding tert-OH is 1. The monoisotopic (exact) mass is 949 g/mol. The van der Waals surface area contributed by atoms with Gasteiger partial charge in [-0.2, -0.15) is 5.26 Å². The number of carbonyl (C=O) groups excluding carboxylic acids is 4. The lowest BCUT2D eigenvalue weighted by molar-refractivity contribution is -0.144. The minimum Gasteiger partial charge on any atom is -0.494 e. The number of hydrogen-bond donors (Lipinski definition) is 3. The highest BCUT2D eigenvalue weighted by Crippen LogP contribution is 2.33. The number of rotatable bonds is 17. The van der Waals surface area contributed by atoms with Crippen molar-refractivity contribution in [3.8, 4) is 34.3 Å². The quantitative estimate of drug-likeness (QED) is 0.0655. The highest BCUT2D eigenvalue weighted by atomic mass is 35.5. The topological polar surface area (TPSA) is 191 Å². The summed E-state index contributed by atoms with van der Waals surface area (Å²) in [6, 6.07) is 24.6. The minimum absolute atomic E-state index is 0.0165. The number of nitrogens with one attached hydrogen (secondary N) is 2. The Balaban J connectivity index is 0.819. The van der Waals surface area contributed by atoms with Gasteiger partial charge in [-0.1, -0.05) is 80.9 Å². The van der Waals surface area contributed by atoms with Gasteiger partial charge in [0, 0.05) is 37.4 Å². The molecule has 1 aromatic heterocycles. The highest BCUT2D eigenvalue weighted by molar-refractivity contribution is 7.81. The Bertz CT molecular complexity index is 2640. The molecule has 2 fully saturated rings. The van der Waals surface area contributed by atoms with Crippen LogP contribution in [-0.2, 0) is 30.5 Å². The molecule has 5 aromatic rings. The van der Waals surface area contributed by atoms with Gasteiger partial charge < -0.3 is 39.4 Å². The summed E-state index contributed by atoms with van der Waals surface area (Å²) < 4.78 is 31.7. The molecular formula is C49H49ClFN7O8S. The SMILES string of the molecule is CC(C)(C)[C@H](NC(=O)COCCCCOc1ccc(-c2ccc(N3CC(=O)N(c4cc(Cl)c(C#N)cc4F)C3=S)cc2)cc1)C(=O)N1C[C@H](O)C[C@H]1C(=O)NCc1ccc(-c2cnco2)cc1. The number of unbranched alkanes of at least 4 members (excludes halogenated alkanes) is 1. The molecule has 0 spiro atoms. The number of halogens is 2. The Kier molecular flexibility index (Phi) is 15.3. The average molecular weight is 950 g/mol. The normalized spacial score (nSPS) is 16.5. The fraction of sp³-hybridized carbons (Fsp3) is 0.327. The molecule has 2 saturated heterocycles. The number of aromatic nitrogens is 1. The van der Waals surface area contributed by atoms with E-state index in [1.165, 1.54) is 17.4 Å². The van der Waals surface area contributed by atoms with Crippen molar-refractivity contribution in [1.29, 1.82) is 5.26 Å². The summed E-state index contributed by atoms with van der Waals surface area (Å²) in [5.74, 6) is -1.25. The molecule has 0 radical (unpaired) electrons. The van der Waals surface area contributed by atoms with E-state index >= 15 is 0 Å². The van der Waals surface area contributed by atoms with E-state index in [-0.39, 0.29) is 60.7 Å². The van der Waals surface area contributed by atoms with Gasteiger partial charge in [0.2, 0.25) is 17.7 Å². The number of ether oxygens (including phenoxy) is 2. The van der Waals surface area contributed by atoms with Crippen LogP contribution in [0.5, 0.6) is 5.75 Å². The number of likely N-dealkylation sites (tertiary alicyclic amines) is 1. The van der Waals surface area contributed by atoms with Crippen LogP contribution in [0.2, 0.25) is 5.02 Å². The third kappa shape index (κ3) is 11.6. The molecule has 0 saturated carbocycles. The summed E-state index contributed by atoms with van der Waals surface area (Å²) in [6.07, 6.45) is 3.43. The molecule has 7 rings (SSSR count). The van der Waals surface area contributed by atoms with Gasteiger partial charge in [-0.15, -0.1) is 0 Å². The van der Waals surface area contributed by atoms with Crippen LogP contribution in [0.4, 0.5) is 15.8 Å². The van der Waals surface area contributed by atoms with Crippen molar-refractivity contribution < 1.29 is 42.6 Å². The van der Waals surface area contributed by atoms with Crippen LogP contribution in [0.1, 0.15) is 51.2 Å². The van der Waals surface area contributed by atoms with E-state index in [2.05, 4.69) is 15.6 Å². The number of hydrogen-bond acceptors (Lipinski definition) is 11. The Labute approximate surface area is 397 Å². The van der Waals surface area contributed by atoms with Crippen LogP contribution in [0.3, 0.4) is 0 Å². The first-order valence-electron chi connectivity index (χ1n) is 21.6. The van der Waals surface area contributed by atoms with Crippen LogP contribution in [0, 0.1) is 22.6 Å². The Morgan fingerprint density at radius 1 is 1.01 bits per heavy atom. The summed E-state index contributed by atoms with van der Waals surface area (Å²) in [6.45, 7) is 5.99. The van der Waals surface area contributed by atoms with Crippen molar-refractivity contribution in [2.75, 3.05) is 42.7 Å². The smallest absolute Gasteiger partial charge is 0.253 e. The number of benzene rings is 4. The summed E-state index contributed by atoms with van der Waals surface area (Å²) in [4.78, 5) is 61.2. The number of nitrogens with zero attached hydrogens (tertiary/aromatic N) is 5. The van der Waals surface area contributed by atoms with Gasteiger partial charge in [0.05, 0.1) is 35.2 Å². The van der Waals surface area contributed by atoms with Crippen molar-refractivity contribution in [3.63, 3.8) is 0 Å². The summed E-state index contributed by atoms with van der Waals surface area (Å²) in [5.41, 5.74) is 3.30. The number of nitriles is 1. The lowest BCUT2D eigenvalue weighted by Gasteiger charge is -2.35. The van der Waals surface area contributed by atoms with E-state index < -0.39 is 53.0 Å². The number of aliphatic hydroxyl groups is 1. The highest BCUT2D eigenvalue weighted by Gasteiger charge is 2.44. The van der Waals surface area contributed by atoms with Crippen molar-refractivity contribution >= 4 is 63.9 Å². The van der Waals surface area contributed by atoms with E-state index in [0.717, 1.165) is 33.2 Å². The van der Waals surface area contributed by atoms with E-state index in [9.17, 15) is 28.7 Å². The van der Waals surface area contributed by atoms with Crippen LogP contribution in [-0.4, -0.2) is 94.8 Å². The molecule has 3 N–H and O–H groups in total. The second-order valence-electron chi connectivity index (χ2n) is 17.2. The largest absolute Gasteiger partial charge is 0.494 e. The van der Waals surface area contributed by atoms with Gasteiger partial charge in [0.25, 0.3) is 5.91 Å². The summed E-state index contributed by atoms with van der Waals surface area (Å²) >= 11 is 11.7. The number of oxazole rings is 1. The first-order valence-corrected chi connectivity index (χ1v) is 22.4. The maximum absolute atomic E-state index is 14.8. The number of anilines is 2. The molecule has 67 heavy (non-hydrogen) atoms. The van der Waals surface area contributed by atoms with Gasteiger partial charge >= 0.3 is 0 Å².